The van der Waals surface area contributed by atoms with Gasteiger partial charge in [0, 0.05) is 19.6 Å². The lowest BCUT2D eigenvalue weighted by Gasteiger charge is -2.25. The van der Waals surface area contributed by atoms with Crippen molar-refractivity contribution in [3.63, 3.8) is 0 Å². The third-order valence-corrected chi connectivity index (χ3v) is 7.08. The number of rotatable bonds is 5. The van der Waals surface area contributed by atoms with Crippen LogP contribution >= 0.6 is 0 Å². The van der Waals surface area contributed by atoms with Crippen molar-refractivity contribution in [2.24, 2.45) is 0 Å². The molecule has 2 fully saturated rings. The Bertz CT molecular complexity index is 800. The summed E-state index contributed by atoms with van der Waals surface area (Å²) in [5.74, 6) is -0.866. The molecule has 1 amide bonds. The number of carbonyl (C=O) groups is 2. The smallest absolute Gasteiger partial charge is 0.325 e. The monoisotopic (exact) mass is 394 g/mol. The molecule has 148 valence electrons. The van der Waals surface area contributed by atoms with Gasteiger partial charge in [-0.3, -0.25) is 9.59 Å². The maximum Gasteiger partial charge on any atom is 0.325 e. The van der Waals surface area contributed by atoms with Crippen LogP contribution in [0, 0.1) is 6.92 Å². The number of esters is 1. The van der Waals surface area contributed by atoms with Gasteiger partial charge in [0.05, 0.1) is 4.90 Å². The second-order valence-electron chi connectivity index (χ2n) is 7.20. The largest absolute Gasteiger partial charge is 0.451 e. The van der Waals surface area contributed by atoms with Crippen LogP contribution in [0.1, 0.15) is 38.2 Å². The van der Waals surface area contributed by atoms with Crippen LogP contribution in [0.4, 0.5) is 0 Å². The number of aryl methyl sites for hydroxylation is 1. The summed E-state index contributed by atoms with van der Waals surface area (Å²) in [4.78, 5) is 26.8. The lowest BCUT2D eigenvalue weighted by Crippen LogP contribution is -2.45. The van der Waals surface area contributed by atoms with E-state index in [1.54, 1.807) is 36.1 Å². The molecule has 8 heteroatoms. The van der Waals surface area contributed by atoms with Crippen LogP contribution in [0.15, 0.2) is 29.2 Å². The highest BCUT2D eigenvalue weighted by atomic mass is 32.2. The molecule has 27 heavy (non-hydrogen) atoms. The van der Waals surface area contributed by atoms with E-state index in [-0.39, 0.29) is 17.3 Å². The molecule has 0 saturated carbocycles. The van der Waals surface area contributed by atoms with E-state index in [0.29, 0.717) is 25.9 Å². The number of ether oxygens (including phenoxy) is 1. The van der Waals surface area contributed by atoms with Gasteiger partial charge in [0.1, 0.15) is 6.04 Å². The summed E-state index contributed by atoms with van der Waals surface area (Å²) in [7, 11) is -3.78. The molecule has 0 unspecified atom stereocenters. The molecule has 2 aliphatic heterocycles. The molecule has 0 bridgehead atoms. The zero-order valence-corrected chi connectivity index (χ0v) is 16.6. The normalized spacial score (nSPS) is 22.0. The average Bonchev–Trinajstić information content (AvgIpc) is 3.33. The highest BCUT2D eigenvalue weighted by Gasteiger charge is 2.41. The number of carbonyl (C=O) groups excluding carboxylic acids is 2. The molecular formula is C19H26N2O5S. The quantitative estimate of drug-likeness (QED) is 0.710. The SMILES string of the molecule is Cc1ccc(S(=O)(=O)N2CCC[C@@H]2C(=O)O[C@@H](C)C(=O)N2CCCC2)cc1. The topological polar surface area (TPSA) is 84.0 Å². The minimum absolute atomic E-state index is 0.161. The van der Waals surface area contributed by atoms with Gasteiger partial charge < -0.3 is 9.64 Å². The van der Waals surface area contributed by atoms with Gasteiger partial charge in [-0.1, -0.05) is 17.7 Å². The predicted octanol–water partition coefficient (Wildman–Crippen LogP) is 1.70. The van der Waals surface area contributed by atoms with E-state index in [2.05, 4.69) is 0 Å². The van der Waals surface area contributed by atoms with Crippen molar-refractivity contribution >= 4 is 21.9 Å². The standard InChI is InChI=1S/C19H26N2O5S/c1-14-7-9-16(10-8-14)27(24,25)21-13-5-6-17(21)19(23)26-15(2)18(22)20-11-3-4-12-20/h7-10,15,17H,3-6,11-13H2,1-2H3/t15-,17+/m0/s1. The van der Waals surface area contributed by atoms with Crippen LogP contribution in [-0.2, 0) is 24.3 Å². The Morgan fingerprint density at radius 2 is 1.70 bits per heavy atom. The maximum absolute atomic E-state index is 12.9. The fourth-order valence-electron chi connectivity index (χ4n) is 3.61. The summed E-state index contributed by atoms with van der Waals surface area (Å²) in [6.07, 6.45) is 1.99. The van der Waals surface area contributed by atoms with Crippen molar-refractivity contribution in [2.45, 2.75) is 56.6 Å². The second-order valence-corrected chi connectivity index (χ2v) is 9.09. The van der Waals surface area contributed by atoms with E-state index in [9.17, 15) is 18.0 Å². The van der Waals surface area contributed by atoms with Gasteiger partial charge in [-0.2, -0.15) is 4.31 Å². The molecular weight excluding hydrogens is 368 g/mol. The van der Waals surface area contributed by atoms with E-state index in [0.717, 1.165) is 18.4 Å². The van der Waals surface area contributed by atoms with E-state index < -0.39 is 28.1 Å². The summed E-state index contributed by atoms with van der Waals surface area (Å²) >= 11 is 0. The van der Waals surface area contributed by atoms with Gasteiger partial charge in [0.15, 0.2) is 6.10 Å². The molecule has 0 N–H and O–H groups in total. The molecule has 2 atom stereocenters. The van der Waals surface area contributed by atoms with Crippen LogP contribution in [0.3, 0.4) is 0 Å². The number of amides is 1. The summed E-state index contributed by atoms with van der Waals surface area (Å²) in [6, 6.07) is 5.67. The minimum atomic E-state index is -3.78. The lowest BCUT2D eigenvalue weighted by molar-refractivity contribution is -0.161. The van der Waals surface area contributed by atoms with Gasteiger partial charge in [0.2, 0.25) is 10.0 Å². The fourth-order valence-corrected chi connectivity index (χ4v) is 5.25. The van der Waals surface area contributed by atoms with Gasteiger partial charge >= 0.3 is 5.97 Å². The molecule has 0 aliphatic carbocycles. The molecule has 1 aromatic rings. The predicted molar refractivity (Wildman–Crippen MR) is 99.5 cm³/mol. The molecule has 0 spiro atoms. The van der Waals surface area contributed by atoms with Crippen molar-refractivity contribution < 1.29 is 22.7 Å². The first kappa shape index (κ1) is 19.8. The number of likely N-dealkylation sites (tertiary alicyclic amines) is 1. The molecule has 1 aromatic carbocycles. The van der Waals surface area contributed by atoms with Crippen molar-refractivity contribution in [3.05, 3.63) is 29.8 Å². The van der Waals surface area contributed by atoms with Crippen LogP contribution in [0.25, 0.3) is 0 Å². The fraction of sp³-hybridized carbons (Fsp3) is 0.579. The van der Waals surface area contributed by atoms with Crippen LogP contribution in [0.5, 0.6) is 0 Å². The minimum Gasteiger partial charge on any atom is -0.451 e. The van der Waals surface area contributed by atoms with E-state index in [1.807, 2.05) is 6.92 Å². The zero-order valence-electron chi connectivity index (χ0n) is 15.8. The lowest BCUT2D eigenvalue weighted by atomic mass is 10.2. The van der Waals surface area contributed by atoms with Gasteiger partial charge in [0.25, 0.3) is 5.91 Å². The van der Waals surface area contributed by atoms with Crippen molar-refractivity contribution in [2.75, 3.05) is 19.6 Å². The van der Waals surface area contributed by atoms with Gasteiger partial charge in [-0.05, 0) is 51.7 Å². The Hall–Kier alpha value is -1.93. The Morgan fingerprint density at radius 1 is 1.07 bits per heavy atom. The van der Waals surface area contributed by atoms with Crippen LogP contribution in [-0.4, -0.2) is 61.3 Å². The third-order valence-electron chi connectivity index (χ3n) is 5.16. The first-order chi connectivity index (χ1) is 12.8. The molecule has 0 aromatic heterocycles. The van der Waals surface area contributed by atoms with Crippen molar-refractivity contribution in [1.29, 1.82) is 0 Å². The second kappa shape index (κ2) is 7.98. The molecule has 2 heterocycles. The van der Waals surface area contributed by atoms with Crippen molar-refractivity contribution in [1.82, 2.24) is 9.21 Å². The molecule has 2 aliphatic rings. The Morgan fingerprint density at radius 3 is 2.33 bits per heavy atom. The number of benzene rings is 1. The highest BCUT2D eigenvalue weighted by Crippen LogP contribution is 2.27. The summed E-state index contributed by atoms with van der Waals surface area (Å²) in [5, 5.41) is 0. The summed E-state index contributed by atoms with van der Waals surface area (Å²) < 4.78 is 32.4. The van der Waals surface area contributed by atoms with Crippen LogP contribution in [0.2, 0.25) is 0 Å². The first-order valence-electron chi connectivity index (χ1n) is 9.38. The maximum atomic E-state index is 12.9. The highest BCUT2D eigenvalue weighted by molar-refractivity contribution is 7.89. The van der Waals surface area contributed by atoms with E-state index in [4.69, 9.17) is 4.74 Å². The summed E-state index contributed by atoms with van der Waals surface area (Å²) in [5.41, 5.74) is 0.959. The Balaban J connectivity index is 1.70. The Labute approximate surface area is 160 Å². The molecule has 0 radical (unpaired) electrons. The third kappa shape index (κ3) is 4.16. The zero-order chi connectivity index (χ0) is 19.6. The number of nitrogens with zero attached hydrogens (tertiary/aromatic N) is 2. The van der Waals surface area contributed by atoms with Gasteiger partial charge in [-0.25, -0.2) is 8.42 Å². The molecule has 7 nitrogen and oxygen atoms in total. The van der Waals surface area contributed by atoms with Gasteiger partial charge in [-0.15, -0.1) is 0 Å². The van der Waals surface area contributed by atoms with Crippen LogP contribution < -0.4 is 0 Å². The summed E-state index contributed by atoms with van der Waals surface area (Å²) in [6.45, 7) is 5.05. The number of hydrogen-bond donors (Lipinski definition) is 0. The molecule has 2 saturated heterocycles. The number of hydrogen-bond acceptors (Lipinski definition) is 5. The number of sulfonamides is 1. The Kier molecular flexibility index (Phi) is 5.86. The first-order valence-corrected chi connectivity index (χ1v) is 10.8. The van der Waals surface area contributed by atoms with E-state index in [1.165, 1.54) is 4.31 Å². The molecule has 3 rings (SSSR count). The van der Waals surface area contributed by atoms with Crippen molar-refractivity contribution in [3.8, 4) is 0 Å². The average molecular weight is 394 g/mol. The van der Waals surface area contributed by atoms with E-state index >= 15 is 0 Å².